The van der Waals surface area contributed by atoms with E-state index in [0.717, 1.165) is 42.5 Å². The molecule has 142 valence electrons. The lowest BCUT2D eigenvalue weighted by Crippen LogP contribution is -2.25. The van der Waals surface area contributed by atoms with Crippen molar-refractivity contribution in [2.75, 3.05) is 7.11 Å². The Morgan fingerprint density at radius 3 is 2.62 bits per heavy atom. The average molecular weight is 377 g/mol. The minimum Gasteiger partial charge on any atom is -0.497 e. The zero-order valence-corrected chi connectivity index (χ0v) is 16.8. The predicted molar refractivity (Wildman–Crippen MR) is 105 cm³/mol. The molecule has 1 heterocycles. The van der Waals surface area contributed by atoms with Crippen molar-refractivity contribution < 1.29 is 9.53 Å². The van der Waals surface area contributed by atoms with E-state index in [9.17, 15) is 4.79 Å². The summed E-state index contributed by atoms with van der Waals surface area (Å²) in [5, 5.41) is 13.0. The molecule has 0 aliphatic heterocycles. The second kappa shape index (κ2) is 10.2. The highest BCUT2D eigenvalue weighted by atomic mass is 32.2. The third-order valence-electron chi connectivity index (χ3n) is 4.17. The van der Waals surface area contributed by atoms with Crippen molar-refractivity contribution in [1.82, 2.24) is 20.1 Å². The summed E-state index contributed by atoms with van der Waals surface area (Å²) < 4.78 is 7.25. The topological polar surface area (TPSA) is 69.0 Å². The molecule has 0 aliphatic rings. The first-order valence-electron chi connectivity index (χ1n) is 9.10. The van der Waals surface area contributed by atoms with Gasteiger partial charge in [0, 0.05) is 17.4 Å². The van der Waals surface area contributed by atoms with E-state index in [0.29, 0.717) is 17.4 Å². The van der Waals surface area contributed by atoms with Crippen molar-refractivity contribution in [3.8, 4) is 5.75 Å². The van der Waals surface area contributed by atoms with Crippen molar-refractivity contribution in [3.63, 3.8) is 0 Å². The van der Waals surface area contributed by atoms with Crippen LogP contribution in [-0.2, 0) is 13.1 Å². The lowest BCUT2D eigenvalue weighted by Gasteiger charge is -2.12. The van der Waals surface area contributed by atoms with Gasteiger partial charge in [-0.05, 0) is 37.1 Å². The zero-order chi connectivity index (χ0) is 18.9. The third kappa shape index (κ3) is 5.49. The van der Waals surface area contributed by atoms with E-state index in [2.05, 4.69) is 40.9 Å². The second-order valence-electron chi connectivity index (χ2n) is 6.15. The highest BCUT2D eigenvalue weighted by molar-refractivity contribution is 7.99. The van der Waals surface area contributed by atoms with Gasteiger partial charge in [-0.2, -0.15) is 0 Å². The Kier molecular flexibility index (Phi) is 7.97. The van der Waals surface area contributed by atoms with Crippen LogP contribution in [0.4, 0.5) is 0 Å². The van der Waals surface area contributed by atoms with Crippen LogP contribution in [0.1, 0.15) is 56.2 Å². The first-order valence-corrected chi connectivity index (χ1v) is 9.97. The number of nitrogens with one attached hydrogen (secondary N) is 1. The maximum absolute atomic E-state index is 12.4. The highest BCUT2D eigenvalue weighted by Gasteiger charge is 2.15. The number of unbranched alkanes of at least 4 members (excludes halogenated alkanes) is 1. The van der Waals surface area contributed by atoms with Gasteiger partial charge < -0.3 is 14.6 Å². The van der Waals surface area contributed by atoms with Crippen LogP contribution in [0.2, 0.25) is 0 Å². The van der Waals surface area contributed by atoms with Gasteiger partial charge in [-0.15, -0.1) is 10.2 Å². The number of carbonyl (C=O) groups is 1. The fourth-order valence-electron chi connectivity index (χ4n) is 2.34. The number of carbonyl (C=O) groups excluding carboxylic acids is 1. The SMILES string of the molecule is CCCCn1c(CNC(=O)c2ccc(OC)cc2)nnc1S[C@@H](C)CC. The predicted octanol–water partition coefficient (Wildman–Crippen LogP) is 3.91. The summed E-state index contributed by atoms with van der Waals surface area (Å²) in [4.78, 5) is 12.4. The lowest BCUT2D eigenvalue weighted by atomic mass is 10.2. The first kappa shape index (κ1) is 20.3. The Hall–Kier alpha value is -2.02. The third-order valence-corrected chi connectivity index (χ3v) is 5.42. The molecule has 26 heavy (non-hydrogen) atoms. The monoisotopic (exact) mass is 376 g/mol. The first-order chi connectivity index (χ1) is 12.6. The van der Waals surface area contributed by atoms with Crippen LogP contribution in [0.5, 0.6) is 5.75 Å². The van der Waals surface area contributed by atoms with Gasteiger partial charge in [0.2, 0.25) is 0 Å². The van der Waals surface area contributed by atoms with Crippen molar-refractivity contribution in [2.45, 2.75) is 63.5 Å². The number of thioether (sulfide) groups is 1. The van der Waals surface area contributed by atoms with Crippen LogP contribution >= 0.6 is 11.8 Å². The van der Waals surface area contributed by atoms with E-state index in [1.807, 2.05) is 0 Å². The molecule has 1 aromatic carbocycles. The molecule has 0 aliphatic carbocycles. The molecule has 0 fully saturated rings. The molecule has 2 aromatic rings. The van der Waals surface area contributed by atoms with Crippen molar-refractivity contribution in [2.24, 2.45) is 0 Å². The molecular weight excluding hydrogens is 348 g/mol. The maximum Gasteiger partial charge on any atom is 0.251 e. The Labute approximate surface area is 159 Å². The second-order valence-corrected chi connectivity index (χ2v) is 7.56. The van der Waals surface area contributed by atoms with Gasteiger partial charge in [-0.25, -0.2) is 0 Å². The van der Waals surface area contributed by atoms with Crippen LogP contribution in [0.3, 0.4) is 0 Å². The molecule has 0 bridgehead atoms. The molecule has 2 rings (SSSR count). The standard InChI is InChI=1S/C19H28N4O2S/c1-5-7-12-23-17(21-22-19(23)26-14(3)6-2)13-20-18(24)15-8-10-16(25-4)11-9-15/h8-11,14H,5-7,12-13H2,1-4H3,(H,20,24)/t14-/m0/s1. The number of rotatable bonds is 10. The molecule has 0 radical (unpaired) electrons. The highest BCUT2D eigenvalue weighted by Crippen LogP contribution is 2.24. The Morgan fingerprint density at radius 2 is 2.00 bits per heavy atom. The quantitative estimate of drug-likeness (QED) is 0.637. The minimum absolute atomic E-state index is 0.131. The van der Waals surface area contributed by atoms with Crippen LogP contribution in [0.15, 0.2) is 29.4 Å². The van der Waals surface area contributed by atoms with Crippen molar-refractivity contribution in [3.05, 3.63) is 35.7 Å². The molecule has 0 spiro atoms. The van der Waals surface area contributed by atoms with Gasteiger partial charge in [0.25, 0.3) is 5.91 Å². The van der Waals surface area contributed by atoms with Crippen LogP contribution in [0.25, 0.3) is 0 Å². The number of amides is 1. The molecular formula is C19H28N4O2S. The average Bonchev–Trinajstić information content (AvgIpc) is 3.05. The number of hydrogen-bond acceptors (Lipinski definition) is 5. The molecule has 1 aromatic heterocycles. The molecule has 0 saturated carbocycles. The summed E-state index contributed by atoms with van der Waals surface area (Å²) in [6.07, 6.45) is 3.24. The van der Waals surface area contributed by atoms with E-state index in [1.165, 1.54) is 0 Å². The van der Waals surface area contributed by atoms with Crippen LogP contribution in [-0.4, -0.2) is 33.0 Å². The summed E-state index contributed by atoms with van der Waals surface area (Å²) in [5.41, 5.74) is 0.597. The normalized spacial score (nSPS) is 12.0. The summed E-state index contributed by atoms with van der Waals surface area (Å²) in [5.74, 6) is 1.40. The lowest BCUT2D eigenvalue weighted by molar-refractivity contribution is 0.0949. The molecule has 0 unspecified atom stereocenters. The molecule has 1 N–H and O–H groups in total. The number of benzene rings is 1. The Bertz CT molecular complexity index is 700. The van der Waals surface area contributed by atoms with E-state index in [4.69, 9.17) is 4.74 Å². The summed E-state index contributed by atoms with van der Waals surface area (Å²) >= 11 is 1.74. The fourth-order valence-corrected chi connectivity index (χ4v) is 3.28. The molecule has 7 heteroatoms. The number of methoxy groups -OCH3 is 1. The zero-order valence-electron chi connectivity index (χ0n) is 16.0. The Morgan fingerprint density at radius 1 is 1.27 bits per heavy atom. The molecule has 1 amide bonds. The van der Waals surface area contributed by atoms with Gasteiger partial charge in [0.15, 0.2) is 11.0 Å². The summed E-state index contributed by atoms with van der Waals surface area (Å²) in [6, 6.07) is 7.06. The maximum atomic E-state index is 12.4. The van der Waals surface area contributed by atoms with Gasteiger partial charge in [0.05, 0.1) is 13.7 Å². The number of hydrogen-bond donors (Lipinski definition) is 1. The van der Waals surface area contributed by atoms with Gasteiger partial charge in [0.1, 0.15) is 5.75 Å². The largest absolute Gasteiger partial charge is 0.497 e. The minimum atomic E-state index is -0.131. The van der Waals surface area contributed by atoms with E-state index >= 15 is 0 Å². The van der Waals surface area contributed by atoms with Crippen molar-refractivity contribution >= 4 is 17.7 Å². The fraction of sp³-hybridized carbons (Fsp3) is 0.526. The molecule has 1 atom stereocenters. The van der Waals surface area contributed by atoms with E-state index in [-0.39, 0.29) is 5.91 Å². The summed E-state index contributed by atoms with van der Waals surface area (Å²) in [7, 11) is 1.60. The van der Waals surface area contributed by atoms with Crippen LogP contribution in [0, 0.1) is 0 Å². The Balaban J connectivity index is 2.05. The van der Waals surface area contributed by atoms with E-state index < -0.39 is 0 Å². The van der Waals surface area contributed by atoms with Gasteiger partial charge >= 0.3 is 0 Å². The van der Waals surface area contributed by atoms with E-state index in [1.54, 1.807) is 43.1 Å². The summed E-state index contributed by atoms with van der Waals surface area (Å²) in [6.45, 7) is 7.75. The van der Waals surface area contributed by atoms with Gasteiger partial charge in [-0.3, -0.25) is 4.79 Å². The van der Waals surface area contributed by atoms with Crippen molar-refractivity contribution in [1.29, 1.82) is 0 Å². The smallest absolute Gasteiger partial charge is 0.251 e. The number of ether oxygens (including phenoxy) is 1. The number of nitrogens with zero attached hydrogens (tertiary/aromatic N) is 3. The molecule has 6 nitrogen and oxygen atoms in total. The molecule has 0 saturated heterocycles. The number of aromatic nitrogens is 3. The van der Waals surface area contributed by atoms with Crippen LogP contribution < -0.4 is 10.1 Å². The van der Waals surface area contributed by atoms with Gasteiger partial charge in [-0.1, -0.05) is 39.0 Å².